The van der Waals surface area contributed by atoms with Gasteiger partial charge in [-0.15, -0.1) is 0 Å². The Hall–Kier alpha value is -0.830. The molecule has 1 aliphatic heterocycles. The number of hydrogen-bond acceptors (Lipinski definition) is 1. The number of likely N-dealkylation sites (tertiary alicyclic amines) is 1. The molecule has 0 atom stereocenters. The molecule has 0 unspecified atom stereocenters. The van der Waals surface area contributed by atoms with Crippen LogP contribution in [0.15, 0.2) is 12.3 Å². The molecular formula is C11H21N2O+. The molecule has 3 nitrogen and oxygen atoms in total. The summed E-state index contributed by atoms with van der Waals surface area (Å²) in [5.74, 6) is 0. The van der Waals surface area contributed by atoms with Crippen molar-refractivity contribution in [2.24, 2.45) is 0 Å². The van der Waals surface area contributed by atoms with E-state index in [0.29, 0.717) is 0 Å². The minimum Gasteiger partial charge on any atom is -0.342 e. The van der Waals surface area contributed by atoms with Gasteiger partial charge < -0.3 is 4.90 Å². The van der Waals surface area contributed by atoms with Gasteiger partial charge in [-0.3, -0.25) is 9.28 Å². The number of hydrogen-bond donors (Lipinski definition) is 0. The first-order chi connectivity index (χ1) is 6.70. The molecule has 1 amide bonds. The predicted molar refractivity (Wildman–Crippen MR) is 57.6 cm³/mol. The molecule has 1 fully saturated rings. The van der Waals surface area contributed by atoms with Crippen molar-refractivity contribution >= 4 is 6.41 Å². The third-order valence-electron chi connectivity index (χ3n) is 2.95. The van der Waals surface area contributed by atoms with Gasteiger partial charge in [0, 0.05) is 25.9 Å². The van der Waals surface area contributed by atoms with Crippen molar-refractivity contribution in [3.63, 3.8) is 0 Å². The van der Waals surface area contributed by atoms with E-state index in [4.69, 9.17) is 0 Å². The van der Waals surface area contributed by atoms with E-state index < -0.39 is 0 Å². The van der Waals surface area contributed by atoms with Gasteiger partial charge in [-0.25, -0.2) is 0 Å². The first-order valence-corrected chi connectivity index (χ1v) is 5.41. The third-order valence-corrected chi connectivity index (χ3v) is 2.95. The maximum Gasteiger partial charge on any atom is 0.209 e. The summed E-state index contributed by atoms with van der Waals surface area (Å²) >= 11 is 0. The molecule has 1 saturated heterocycles. The van der Waals surface area contributed by atoms with Gasteiger partial charge in [0.15, 0.2) is 0 Å². The lowest BCUT2D eigenvalue weighted by atomic mass is 10.4. The third kappa shape index (κ3) is 3.14. The predicted octanol–water partition coefficient (Wildman–Crippen LogP) is 1.22. The zero-order valence-corrected chi connectivity index (χ0v) is 9.28. The van der Waals surface area contributed by atoms with Crippen LogP contribution in [-0.4, -0.2) is 49.0 Å². The molecule has 0 radical (unpaired) electrons. The van der Waals surface area contributed by atoms with Gasteiger partial charge in [0.1, 0.15) is 0 Å². The Morgan fingerprint density at radius 2 is 2.00 bits per heavy atom. The molecule has 0 aliphatic carbocycles. The van der Waals surface area contributed by atoms with Crippen molar-refractivity contribution < 1.29 is 9.28 Å². The van der Waals surface area contributed by atoms with E-state index in [-0.39, 0.29) is 0 Å². The number of carbonyl (C=O) groups is 1. The SMILES string of the molecule is CCN(C=O)C/C=C/[N+]1(C)CCCC1. The smallest absolute Gasteiger partial charge is 0.209 e. The van der Waals surface area contributed by atoms with E-state index in [1.54, 1.807) is 4.90 Å². The summed E-state index contributed by atoms with van der Waals surface area (Å²) < 4.78 is 1.04. The van der Waals surface area contributed by atoms with E-state index in [2.05, 4.69) is 19.3 Å². The molecule has 0 saturated carbocycles. The zero-order chi connectivity index (χ0) is 10.4. The molecule has 80 valence electrons. The molecule has 0 spiro atoms. The summed E-state index contributed by atoms with van der Waals surface area (Å²) in [5.41, 5.74) is 0. The fraction of sp³-hybridized carbons (Fsp3) is 0.727. The van der Waals surface area contributed by atoms with Gasteiger partial charge in [-0.05, 0) is 13.0 Å². The van der Waals surface area contributed by atoms with Crippen LogP contribution in [0, 0.1) is 0 Å². The highest BCUT2D eigenvalue weighted by Gasteiger charge is 2.23. The second-order valence-corrected chi connectivity index (χ2v) is 4.21. The number of amides is 1. The topological polar surface area (TPSA) is 20.3 Å². The summed E-state index contributed by atoms with van der Waals surface area (Å²) in [5, 5.41) is 0. The highest BCUT2D eigenvalue weighted by molar-refractivity contribution is 5.47. The van der Waals surface area contributed by atoms with Crippen LogP contribution in [-0.2, 0) is 4.79 Å². The summed E-state index contributed by atoms with van der Waals surface area (Å²) in [6.07, 6.45) is 7.91. The lowest BCUT2D eigenvalue weighted by molar-refractivity contribution is -0.846. The molecule has 0 bridgehead atoms. The Labute approximate surface area is 86.6 Å². The number of rotatable bonds is 5. The Bertz CT molecular complexity index is 207. The van der Waals surface area contributed by atoms with Crippen LogP contribution in [0.4, 0.5) is 0 Å². The van der Waals surface area contributed by atoms with Crippen LogP contribution in [0.3, 0.4) is 0 Å². The standard InChI is InChI=1S/C11H21N2O/c1-3-12(11-14)7-6-10-13(2)8-4-5-9-13/h6,10-11H,3-5,7-9H2,1-2H3/q+1/b10-6+. The van der Waals surface area contributed by atoms with Crippen LogP contribution in [0.1, 0.15) is 19.8 Å². The lowest BCUT2D eigenvalue weighted by Gasteiger charge is -2.24. The van der Waals surface area contributed by atoms with Gasteiger partial charge >= 0.3 is 0 Å². The van der Waals surface area contributed by atoms with E-state index in [1.807, 2.05) is 6.92 Å². The number of likely N-dealkylation sites (N-methyl/N-ethyl adjacent to an activating group) is 1. The number of carbonyl (C=O) groups excluding carboxylic acids is 1. The molecule has 0 N–H and O–H groups in total. The summed E-state index contributed by atoms with van der Waals surface area (Å²) in [4.78, 5) is 12.3. The van der Waals surface area contributed by atoms with Crippen molar-refractivity contribution in [2.75, 3.05) is 33.2 Å². The largest absolute Gasteiger partial charge is 0.342 e. The molecular weight excluding hydrogens is 176 g/mol. The van der Waals surface area contributed by atoms with Crippen molar-refractivity contribution in [1.82, 2.24) is 4.90 Å². The highest BCUT2D eigenvalue weighted by atomic mass is 16.1. The fourth-order valence-electron chi connectivity index (χ4n) is 1.89. The second-order valence-electron chi connectivity index (χ2n) is 4.21. The first kappa shape index (κ1) is 11.2. The van der Waals surface area contributed by atoms with E-state index in [0.717, 1.165) is 24.0 Å². The Morgan fingerprint density at radius 1 is 1.36 bits per heavy atom. The number of nitrogens with zero attached hydrogens (tertiary/aromatic N) is 2. The zero-order valence-electron chi connectivity index (χ0n) is 9.28. The van der Waals surface area contributed by atoms with E-state index >= 15 is 0 Å². The van der Waals surface area contributed by atoms with E-state index in [9.17, 15) is 4.79 Å². The minimum atomic E-state index is 0.744. The van der Waals surface area contributed by atoms with Gasteiger partial charge in [0.25, 0.3) is 0 Å². The molecule has 14 heavy (non-hydrogen) atoms. The van der Waals surface area contributed by atoms with Gasteiger partial charge in [-0.2, -0.15) is 0 Å². The highest BCUT2D eigenvalue weighted by Crippen LogP contribution is 2.16. The van der Waals surface area contributed by atoms with Crippen molar-refractivity contribution in [2.45, 2.75) is 19.8 Å². The second kappa shape index (κ2) is 5.15. The van der Waals surface area contributed by atoms with E-state index in [1.165, 1.54) is 25.9 Å². The van der Waals surface area contributed by atoms with Crippen LogP contribution >= 0.6 is 0 Å². The van der Waals surface area contributed by atoms with Crippen LogP contribution < -0.4 is 0 Å². The first-order valence-electron chi connectivity index (χ1n) is 5.41. The molecule has 0 aromatic heterocycles. The normalized spacial score (nSPS) is 20.1. The van der Waals surface area contributed by atoms with Crippen molar-refractivity contribution in [3.05, 3.63) is 12.3 Å². The monoisotopic (exact) mass is 197 g/mol. The molecule has 1 aliphatic rings. The van der Waals surface area contributed by atoms with Gasteiger partial charge in [-0.1, -0.05) is 0 Å². The Balaban J connectivity index is 2.35. The van der Waals surface area contributed by atoms with Gasteiger partial charge in [0.05, 0.1) is 26.3 Å². The average Bonchev–Trinajstić information content (AvgIpc) is 2.60. The van der Waals surface area contributed by atoms with Gasteiger partial charge in [0.2, 0.25) is 6.41 Å². The Morgan fingerprint density at radius 3 is 2.50 bits per heavy atom. The quantitative estimate of drug-likeness (QED) is 0.479. The summed E-state index contributed by atoms with van der Waals surface area (Å²) in [6, 6.07) is 0. The molecule has 0 aromatic rings. The summed E-state index contributed by atoms with van der Waals surface area (Å²) in [6.45, 7) is 6.01. The van der Waals surface area contributed by atoms with Crippen LogP contribution in [0.5, 0.6) is 0 Å². The maximum atomic E-state index is 10.5. The molecule has 0 aromatic carbocycles. The van der Waals surface area contributed by atoms with Crippen LogP contribution in [0.2, 0.25) is 0 Å². The van der Waals surface area contributed by atoms with Crippen molar-refractivity contribution in [3.8, 4) is 0 Å². The Kier molecular flexibility index (Phi) is 4.14. The molecule has 1 heterocycles. The average molecular weight is 197 g/mol. The molecule has 3 heteroatoms. The fourth-order valence-corrected chi connectivity index (χ4v) is 1.89. The maximum absolute atomic E-state index is 10.5. The molecule has 1 rings (SSSR count). The van der Waals surface area contributed by atoms with Crippen LogP contribution in [0.25, 0.3) is 0 Å². The number of quaternary nitrogens is 1. The lowest BCUT2D eigenvalue weighted by Crippen LogP contribution is -2.34. The van der Waals surface area contributed by atoms with Crippen molar-refractivity contribution in [1.29, 1.82) is 0 Å². The minimum absolute atomic E-state index is 0.744. The summed E-state index contributed by atoms with van der Waals surface area (Å²) in [7, 11) is 2.25.